The fraction of sp³-hybridized carbons (Fsp3) is 0.625. The predicted molar refractivity (Wildman–Crippen MR) is 115 cm³/mol. The molecule has 172 valence electrons. The molecule has 0 saturated heterocycles. The molecule has 2 rings (SSSR count). The highest BCUT2D eigenvalue weighted by molar-refractivity contribution is 6.03. The van der Waals surface area contributed by atoms with Crippen molar-refractivity contribution < 1.29 is 33.7 Å². The standard InChI is InChI=1S/C24H34O7/c1-22(2,3)30-20(26)18-16(25)13-24(7,28)19(21(27)31-23(4,5)6)17(18)14-10-9-11-15(12-14)29-8/h9-12,17-19,28H,13H2,1-8H3/t17-,18+,19-,24+/m0/s1. The summed E-state index contributed by atoms with van der Waals surface area (Å²) < 4.78 is 16.4. The number of aliphatic hydroxyl groups is 1. The zero-order chi connectivity index (χ0) is 23.8. The van der Waals surface area contributed by atoms with Gasteiger partial charge in [0.2, 0.25) is 0 Å². The Morgan fingerprint density at radius 2 is 1.58 bits per heavy atom. The van der Waals surface area contributed by atoms with E-state index in [4.69, 9.17) is 14.2 Å². The molecule has 0 radical (unpaired) electrons. The van der Waals surface area contributed by atoms with Gasteiger partial charge in [-0.05, 0) is 66.2 Å². The van der Waals surface area contributed by atoms with E-state index < -0.39 is 52.3 Å². The number of Topliss-reactive ketones (excluding diaryl/α,β-unsaturated/α-hetero) is 1. The first-order chi connectivity index (χ1) is 14.1. The number of carbonyl (C=O) groups excluding carboxylic acids is 3. The van der Waals surface area contributed by atoms with Gasteiger partial charge in [-0.1, -0.05) is 12.1 Å². The van der Waals surface area contributed by atoms with Crippen LogP contribution in [0, 0.1) is 11.8 Å². The van der Waals surface area contributed by atoms with Gasteiger partial charge in [0.15, 0.2) is 5.78 Å². The first-order valence-electron chi connectivity index (χ1n) is 10.4. The highest BCUT2D eigenvalue weighted by atomic mass is 16.6. The van der Waals surface area contributed by atoms with E-state index in [9.17, 15) is 19.5 Å². The molecule has 1 saturated carbocycles. The van der Waals surface area contributed by atoms with Gasteiger partial charge in [-0.2, -0.15) is 0 Å². The Balaban J connectivity index is 2.66. The Morgan fingerprint density at radius 3 is 2.10 bits per heavy atom. The average Bonchev–Trinajstić information content (AvgIpc) is 2.56. The summed E-state index contributed by atoms with van der Waals surface area (Å²) in [4.78, 5) is 39.5. The lowest BCUT2D eigenvalue weighted by molar-refractivity contribution is -0.182. The largest absolute Gasteiger partial charge is 0.497 e. The van der Waals surface area contributed by atoms with Crippen molar-refractivity contribution in [2.24, 2.45) is 11.8 Å². The lowest BCUT2D eigenvalue weighted by Crippen LogP contribution is -2.56. The van der Waals surface area contributed by atoms with Crippen LogP contribution < -0.4 is 4.74 Å². The number of hydrogen-bond acceptors (Lipinski definition) is 7. The molecule has 7 heteroatoms. The van der Waals surface area contributed by atoms with E-state index in [0.29, 0.717) is 11.3 Å². The van der Waals surface area contributed by atoms with Gasteiger partial charge in [-0.3, -0.25) is 14.4 Å². The van der Waals surface area contributed by atoms with Gasteiger partial charge in [-0.15, -0.1) is 0 Å². The highest BCUT2D eigenvalue weighted by Gasteiger charge is 2.57. The smallest absolute Gasteiger partial charge is 0.317 e. The molecule has 0 aromatic heterocycles. The Morgan fingerprint density at radius 1 is 1.03 bits per heavy atom. The second kappa shape index (κ2) is 8.61. The minimum absolute atomic E-state index is 0.360. The van der Waals surface area contributed by atoms with Crippen molar-refractivity contribution in [3.05, 3.63) is 29.8 Å². The van der Waals surface area contributed by atoms with Gasteiger partial charge in [0.05, 0.1) is 18.6 Å². The van der Waals surface area contributed by atoms with E-state index in [1.165, 1.54) is 14.0 Å². The summed E-state index contributed by atoms with van der Waals surface area (Å²) >= 11 is 0. The van der Waals surface area contributed by atoms with Crippen LogP contribution in [0.4, 0.5) is 0 Å². The summed E-state index contributed by atoms with van der Waals surface area (Å²) in [7, 11) is 1.50. The van der Waals surface area contributed by atoms with Crippen LogP contribution >= 0.6 is 0 Å². The summed E-state index contributed by atoms with van der Waals surface area (Å²) in [6.07, 6.45) is -0.360. The topological polar surface area (TPSA) is 99.1 Å². The number of methoxy groups -OCH3 is 1. The molecule has 0 spiro atoms. The van der Waals surface area contributed by atoms with Gasteiger partial charge in [0.1, 0.15) is 22.9 Å². The van der Waals surface area contributed by atoms with Crippen LogP contribution in [0.15, 0.2) is 24.3 Å². The van der Waals surface area contributed by atoms with Crippen molar-refractivity contribution in [2.45, 2.75) is 77.6 Å². The van der Waals surface area contributed by atoms with Crippen LogP contribution in [0.2, 0.25) is 0 Å². The van der Waals surface area contributed by atoms with E-state index in [-0.39, 0.29) is 6.42 Å². The van der Waals surface area contributed by atoms with E-state index in [1.54, 1.807) is 65.8 Å². The number of esters is 2. The molecular formula is C24H34O7. The molecule has 4 atom stereocenters. The molecule has 7 nitrogen and oxygen atoms in total. The molecule has 1 fully saturated rings. The van der Waals surface area contributed by atoms with Crippen molar-refractivity contribution >= 4 is 17.7 Å². The molecule has 0 amide bonds. The maximum absolute atomic E-state index is 13.3. The van der Waals surface area contributed by atoms with Crippen LogP contribution in [-0.2, 0) is 23.9 Å². The number of carbonyl (C=O) groups is 3. The lowest BCUT2D eigenvalue weighted by Gasteiger charge is -2.44. The maximum Gasteiger partial charge on any atom is 0.317 e. The Hall–Kier alpha value is -2.41. The molecule has 1 N–H and O–H groups in total. The van der Waals surface area contributed by atoms with E-state index in [0.717, 1.165) is 0 Å². The van der Waals surface area contributed by atoms with Gasteiger partial charge < -0.3 is 19.3 Å². The van der Waals surface area contributed by atoms with Crippen LogP contribution in [0.5, 0.6) is 5.75 Å². The summed E-state index contributed by atoms with van der Waals surface area (Å²) in [5, 5.41) is 11.2. The van der Waals surface area contributed by atoms with Crippen LogP contribution in [-0.4, -0.2) is 46.7 Å². The number of ether oxygens (including phenoxy) is 3. The molecule has 31 heavy (non-hydrogen) atoms. The number of rotatable bonds is 4. The van der Waals surface area contributed by atoms with Crippen molar-refractivity contribution in [1.82, 2.24) is 0 Å². The Bertz CT molecular complexity index is 842. The average molecular weight is 435 g/mol. The van der Waals surface area contributed by atoms with E-state index >= 15 is 0 Å². The van der Waals surface area contributed by atoms with Crippen molar-refractivity contribution in [3.63, 3.8) is 0 Å². The van der Waals surface area contributed by atoms with Crippen molar-refractivity contribution in [3.8, 4) is 5.75 Å². The molecule has 1 aromatic carbocycles. The van der Waals surface area contributed by atoms with Gasteiger partial charge in [-0.25, -0.2) is 0 Å². The third-order valence-electron chi connectivity index (χ3n) is 5.07. The van der Waals surface area contributed by atoms with Crippen LogP contribution in [0.1, 0.15) is 66.4 Å². The zero-order valence-electron chi connectivity index (χ0n) is 19.6. The quantitative estimate of drug-likeness (QED) is 0.573. The normalized spacial score (nSPS) is 26.9. The van der Waals surface area contributed by atoms with Gasteiger partial charge in [0.25, 0.3) is 0 Å². The van der Waals surface area contributed by atoms with E-state index in [2.05, 4.69) is 0 Å². The van der Waals surface area contributed by atoms with Crippen molar-refractivity contribution in [1.29, 1.82) is 0 Å². The fourth-order valence-corrected chi connectivity index (χ4v) is 4.00. The Labute approximate surface area is 184 Å². The molecule has 0 heterocycles. The third kappa shape index (κ3) is 6.06. The number of benzene rings is 1. The minimum Gasteiger partial charge on any atom is -0.497 e. The molecule has 0 unspecified atom stereocenters. The first kappa shape index (κ1) is 24.9. The first-order valence-corrected chi connectivity index (χ1v) is 10.4. The summed E-state index contributed by atoms with van der Waals surface area (Å²) in [6, 6.07) is 6.79. The third-order valence-corrected chi connectivity index (χ3v) is 5.07. The second-order valence-electron chi connectivity index (χ2n) is 10.3. The Kier molecular flexibility index (Phi) is 6.91. The summed E-state index contributed by atoms with van der Waals surface area (Å²) in [5.41, 5.74) is -2.82. The SMILES string of the molecule is COc1cccc([C@H]2[C@H](C(=O)OC(C)(C)C)C(=O)C[C@@](C)(O)[C@@H]2C(=O)OC(C)(C)C)c1. The maximum atomic E-state index is 13.3. The monoisotopic (exact) mass is 434 g/mol. The minimum atomic E-state index is -1.70. The molecule has 1 aliphatic carbocycles. The predicted octanol–water partition coefficient (Wildman–Crippen LogP) is 3.42. The molecule has 0 bridgehead atoms. The lowest BCUT2D eigenvalue weighted by atomic mass is 9.61. The number of ketones is 1. The molecule has 0 aliphatic heterocycles. The second-order valence-corrected chi connectivity index (χ2v) is 10.3. The van der Waals surface area contributed by atoms with Crippen LogP contribution in [0.25, 0.3) is 0 Å². The summed E-state index contributed by atoms with van der Waals surface area (Å²) in [6.45, 7) is 11.7. The molecular weight excluding hydrogens is 400 g/mol. The molecule has 1 aromatic rings. The van der Waals surface area contributed by atoms with Gasteiger partial charge in [0, 0.05) is 12.3 Å². The highest BCUT2D eigenvalue weighted by Crippen LogP contribution is 2.47. The van der Waals surface area contributed by atoms with Crippen molar-refractivity contribution in [2.75, 3.05) is 7.11 Å². The molecule has 1 aliphatic rings. The van der Waals surface area contributed by atoms with Gasteiger partial charge >= 0.3 is 11.9 Å². The fourth-order valence-electron chi connectivity index (χ4n) is 4.00. The number of hydrogen-bond donors (Lipinski definition) is 1. The van der Waals surface area contributed by atoms with E-state index in [1.807, 2.05) is 0 Å². The van der Waals surface area contributed by atoms with Crippen LogP contribution in [0.3, 0.4) is 0 Å². The summed E-state index contributed by atoms with van der Waals surface area (Å²) in [5.74, 6) is -4.78. The zero-order valence-corrected chi connectivity index (χ0v) is 19.6.